The summed E-state index contributed by atoms with van der Waals surface area (Å²) >= 11 is 1.43. The second kappa shape index (κ2) is 7.48. The zero-order chi connectivity index (χ0) is 16.9. The molecule has 0 fully saturated rings. The van der Waals surface area contributed by atoms with Crippen LogP contribution in [0.1, 0.15) is 37.8 Å². The molecule has 0 aliphatic heterocycles. The van der Waals surface area contributed by atoms with Crippen LogP contribution in [0, 0.1) is 0 Å². The molecule has 2 aromatic heterocycles. The summed E-state index contributed by atoms with van der Waals surface area (Å²) < 4.78 is 7.03. The van der Waals surface area contributed by atoms with E-state index in [1.807, 2.05) is 37.3 Å². The largest absolute Gasteiger partial charge is 0.343 e. The molecule has 1 aromatic carbocycles. The predicted octanol–water partition coefficient (Wildman–Crippen LogP) is 3.27. The molecule has 126 valence electrons. The van der Waals surface area contributed by atoms with E-state index < -0.39 is 0 Å². The maximum atomic E-state index is 11.8. The third-order valence-electron chi connectivity index (χ3n) is 3.56. The van der Waals surface area contributed by atoms with Crippen LogP contribution < -0.4 is 5.69 Å². The molecule has 0 radical (unpaired) electrons. The zero-order valence-electron chi connectivity index (χ0n) is 13.6. The number of H-pyrrole nitrogens is 1. The van der Waals surface area contributed by atoms with Gasteiger partial charge in [-0.05, 0) is 13.3 Å². The van der Waals surface area contributed by atoms with Crippen LogP contribution in [0.2, 0.25) is 0 Å². The summed E-state index contributed by atoms with van der Waals surface area (Å²) in [6.07, 6.45) is 1.95. The Hall–Kier alpha value is -2.35. The van der Waals surface area contributed by atoms with Crippen LogP contribution in [-0.2, 0) is 6.54 Å². The highest BCUT2D eigenvalue weighted by Crippen LogP contribution is 2.33. The SMILES string of the molecule is CCCCn1c(SC(C)c2nc(-c3ccccc3)no2)n[nH]c1=O. The quantitative estimate of drug-likeness (QED) is 0.661. The van der Waals surface area contributed by atoms with E-state index in [0.29, 0.717) is 23.4 Å². The number of benzene rings is 1. The van der Waals surface area contributed by atoms with E-state index in [4.69, 9.17) is 4.52 Å². The van der Waals surface area contributed by atoms with Crippen molar-refractivity contribution in [2.45, 2.75) is 43.6 Å². The Bertz CT molecular complexity index is 840. The van der Waals surface area contributed by atoms with Crippen LogP contribution in [0.25, 0.3) is 11.4 Å². The van der Waals surface area contributed by atoms with Crippen molar-refractivity contribution in [3.63, 3.8) is 0 Å². The molecule has 0 spiro atoms. The fraction of sp³-hybridized carbons (Fsp3) is 0.375. The van der Waals surface area contributed by atoms with E-state index in [1.54, 1.807) is 4.57 Å². The second-order valence-electron chi connectivity index (χ2n) is 5.40. The fourth-order valence-electron chi connectivity index (χ4n) is 2.22. The lowest BCUT2D eigenvalue weighted by molar-refractivity contribution is 0.380. The van der Waals surface area contributed by atoms with Crippen LogP contribution in [-0.4, -0.2) is 24.9 Å². The number of nitrogens with one attached hydrogen (secondary N) is 1. The Labute approximate surface area is 143 Å². The Kier molecular flexibility index (Phi) is 5.14. The first-order valence-electron chi connectivity index (χ1n) is 7.90. The van der Waals surface area contributed by atoms with Gasteiger partial charge in [-0.3, -0.25) is 4.57 Å². The lowest BCUT2D eigenvalue weighted by Gasteiger charge is -2.07. The predicted molar refractivity (Wildman–Crippen MR) is 91.8 cm³/mol. The first-order valence-corrected chi connectivity index (χ1v) is 8.78. The minimum absolute atomic E-state index is 0.106. The number of unbranched alkanes of at least 4 members (excludes halogenated alkanes) is 1. The smallest absolute Gasteiger partial charge is 0.338 e. The van der Waals surface area contributed by atoms with Crippen LogP contribution >= 0.6 is 11.8 Å². The molecular formula is C16H19N5O2S. The first kappa shape index (κ1) is 16.5. The van der Waals surface area contributed by atoms with E-state index in [0.717, 1.165) is 18.4 Å². The summed E-state index contributed by atoms with van der Waals surface area (Å²) in [6.45, 7) is 4.69. The minimum atomic E-state index is -0.186. The molecular weight excluding hydrogens is 326 g/mol. The van der Waals surface area contributed by atoms with Gasteiger partial charge in [0.2, 0.25) is 11.7 Å². The average molecular weight is 345 g/mol. The molecule has 24 heavy (non-hydrogen) atoms. The van der Waals surface area contributed by atoms with E-state index in [2.05, 4.69) is 27.3 Å². The normalized spacial score (nSPS) is 12.4. The molecule has 3 aromatic rings. The molecule has 8 heteroatoms. The minimum Gasteiger partial charge on any atom is -0.338 e. The number of aromatic nitrogens is 5. The van der Waals surface area contributed by atoms with Gasteiger partial charge in [-0.25, -0.2) is 9.89 Å². The van der Waals surface area contributed by atoms with E-state index in [9.17, 15) is 4.79 Å². The molecule has 7 nitrogen and oxygen atoms in total. The number of hydrogen-bond donors (Lipinski definition) is 1. The molecule has 0 bridgehead atoms. The van der Waals surface area contributed by atoms with Gasteiger partial charge in [0.15, 0.2) is 5.16 Å². The maximum Gasteiger partial charge on any atom is 0.343 e. The molecule has 3 rings (SSSR count). The van der Waals surface area contributed by atoms with Crippen molar-refractivity contribution in [2.24, 2.45) is 0 Å². The van der Waals surface area contributed by atoms with E-state index in [-0.39, 0.29) is 10.9 Å². The number of hydrogen-bond acceptors (Lipinski definition) is 6. The van der Waals surface area contributed by atoms with Crippen molar-refractivity contribution < 1.29 is 4.52 Å². The van der Waals surface area contributed by atoms with Crippen LogP contribution in [0.5, 0.6) is 0 Å². The molecule has 1 N–H and O–H groups in total. The Morgan fingerprint density at radius 3 is 2.88 bits per heavy atom. The molecule has 0 saturated heterocycles. The van der Waals surface area contributed by atoms with Crippen molar-refractivity contribution >= 4 is 11.8 Å². The summed E-state index contributed by atoms with van der Waals surface area (Å²) in [5.41, 5.74) is 0.720. The van der Waals surface area contributed by atoms with Crippen molar-refractivity contribution in [3.8, 4) is 11.4 Å². The molecule has 0 aliphatic rings. The molecule has 1 atom stereocenters. The van der Waals surface area contributed by atoms with Gasteiger partial charge in [0.05, 0.1) is 5.25 Å². The summed E-state index contributed by atoms with van der Waals surface area (Å²) in [7, 11) is 0. The van der Waals surface area contributed by atoms with Gasteiger partial charge in [0.1, 0.15) is 0 Å². The van der Waals surface area contributed by atoms with Crippen LogP contribution in [0.4, 0.5) is 0 Å². The van der Waals surface area contributed by atoms with Gasteiger partial charge in [-0.1, -0.05) is 60.6 Å². The molecule has 2 heterocycles. The summed E-state index contributed by atoms with van der Waals surface area (Å²) in [5.74, 6) is 1.07. The number of rotatable bonds is 7. The summed E-state index contributed by atoms with van der Waals surface area (Å²) in [6, 6.07) is 9.67. The van der Waals surface area contributed by atoms with Crippen molar-refractivity contribution in [1.82, 2.24) is 24.9 Å². The van der Waals surface area contributed by atoms with E-state index in [1.165, 1.54) is 11.8 Å². The standard InChI is InChI=1S/C16H19N5O2S/c1-3-4-10-21-15(22)18-19-16(21)24-11(2)14-17-13(20-23-14)12-8-6-5-7-9-12/h5-9,11H,3-4,10H2,1-2H3,(H,18,22). The van der Waals surface area contributed by atoms with Gasteiger partial charge in [0.25, 0.3) is 0 Å². The second-order valence-corrected chi connectivity index (χ2v) is 6.71. The zero-order valence-corrected chi connectivity index (χ0v) is 14.4. The van der Waals surface area contributed by atoms with Crippen LogP contribution in [0.15, 0.2) is 44.8 Å². The number of nitrogens with zero attached hydrogens (tertiary/aromatic N) is 4. The number of thioether (sulfide) groups is 1. The Morgan fingerprint density at radius 1 is 1.33 bits per heavy atom. The Balaban J connectivity index is 1.75. The van der Waals surface area contributed by atoms with Gasteiger partial charge in [-0.15, -0.1) is 5.10 Å². The highest BCUT2D eigenvalue weighted by Gasteiger charge is 2.20. The number of aromatic amines is 1. The van der Waals surface area contributed by atoms with Gasteiger partial charge in [0, 0.05) is 12.1 Å². The highest BCUT2D eigenvalue weighted by molar-refractivity contribution is 7.99. The van der Waals surface area contributed by atoms with Crippen LogP contribution in [0.3, 0.4) is 0 Å². The fourth-order valence-corrected chi connectivity index (χ4v) is 3.13. The molecule has 0 saturated carbocycles. The lowest BCUT2D eigenvalue weighted by Crippen LogP contribution is -2.17. The van der Waals surface area contributed by atoms with Gasteiger partial charge < -0.3 is 4.52 Å². The summed E-state index contributed by atoms with van der Waals surface area (Å²) in [4.78, 5) is 16.3. The maximum absolute atomic E-state index is 11.8. The summed E-state index contributed by atoms with van der Waals surface area (Å²) in [5, 5.41) is 11.2. The van der Waals surface area contributed by atoms with Crippen molar-refractivity contribution in [2.75, 3.05) is 0 Å². The topological polar surface area (TPSA) is 89.6 Å². The van der Waals surface area contributed by atoms with Gasteiger partial charge >= 0.3 is 5.69 Å². The van der Waals surface area contributed by atoms with E-state index >= 15 is 0 Å². The molecule has 1 unspecified atom stereocenters. The third kappa shape index (κ3) is 3.59. The molecule has 0 amide bonds. The lowest BCUT2D eigenvalue weighted by atomic mass is 10.2. The van der Waals surface area contributed by atoms with Gasteiger partial charge in [-0.2, -0.15) is 4.98 Å². The molecule has 0 aliphatic carbocycles. The highest BCUT2D eigenvalue weighted by atomic mass is 32.2. The third-order valence-corrected chi connectivity index (χ3v) is 4.64. The average Bonchev–Trinajstić information content (AvgIpc) is 3.22. The first-order chi connectivity index (χ1) is 11.7. The Morgan fingerprint density at radius 2 is 2.12 bits per heavy atom. The van der Waals surface area contributed by atoms with Crippen molar-refractivity contribution in [1.29, 1.82) is 0 Å². The van der Waals surface area contributed by atoms with Crippen molar-refractivity contribution in [3.05, 3.63) is 46.7 Å². The monoisotopic (exact) mass is 345 g/mol.